The highest BCUT2D eigenvalue weighted by Crippen LogP contribution is 2.28. The first-order chi connectivity index (χ1) is 14.2. The zero-order valence-corrected chi connectivity index (χ0v) is 17.5. The van der Waals surface area contributed by atoms with E-state index in [1.165, 1.54) is 24.5 Å². The fourth-order valence-electron chi connectivity index (χ4n) is 2.29. The molecule has 0 aliphatic heterocycles. The van der Waals surface area contributed by atoms with Gasteiger partial charge < -0.3 is 5.32 Å². The average molecular weight is 469 g/mol. The molecule has 3 rings (SSSR count). The van der Waals surface area contributed by atoms with Crippen LogP contribution in [0.2, 0.25) is 10.0 Å². The van der Waals surface area contributed by atoms with Gasteiger partial charge in [-0.25, -0.2) is 27.2 Å². The molecule has 154 valence electrons. The van der Waals surface area contributed by atoms with Gasteiger partial charge in [-0.1, -0.05) is 35.0 Å². The number of rotatable bonds is 4. The summed E-state index contributed by atoms with van der Waals surface area (Å²) in [5, 5.41) is 2.73. The van der Waals surface area contributed by atoms with Gasteiger partial charge in [0.25, 0.3) is 10.0 Å². The summed E-state index contributed by atoms with van der Waals surface area (Å²) in [7, 11) is -2.66. The van der Waals surface area contributed by atoms with Gasteiger partial charge in [0, 0.05) is 24.5 Å². The Morgan fingerprint density at radius 2 is 1.73 bits per heavy atom. The Bertz CT molecular complexity index is 1270. The molecule has 0 aliphatic carbocycles. The number of halogens is 4. The molecule has 0 spiro atoms. The van der Waals surface area contributed by atoms with Crippen molar-refractivity contribution in [2.75, 3.05) is 17.1 Å². The lowest BCUT2D eigenvalue weighted by atomic mass is 10.1. The van der Waals surface area contributed by atoms with Crippen LogP contribution >= 0.6 is 23.2 Å². The Morgan fingerprint density at radius 1 is 1.03 bits per heavy atom. The first-order valence-electron chi connectivity index (χ1n) is 8.19. The summed E-state index contributed by atoms with van der Waals surface area (Å²) in [6.45, 7) is 0. The molecule has 3 aromatic rings. The third-order valence-corrected chi connectivity index (χ3v) is 5.81. The maximum Gasteiger partial charge on any atom is 0.263 e. The van der Waals surface area contributed by atoms with E-state index in [4.69, 9.17) is 23.2 Å². The van der Waals surface area contributed by atoms with Crippen LogP contribution in [0.5, 0.6) is 0 Å². The van der Waals surface area contributed by atoms with Crippen LogP contribution in [0, 0.1) is 23.5 Å². The molecule has 0 radical (unpaired) electrons. The molecule has 11 heteroatoms. The Kier molecular flexibility index (Phi) is 6.41. The number of hydrogen-bond acceptors (Lipinski definition) is 5. The SMILES string of the molecule is CNc1ncc(C#Cc2c(F)ccc(NS(=O)(=O)c3cc(Cl)ccc3Cl)c2F)cn1. The fraction of sp³-hybridized carbons (Fsp3) is 0.0526. The van der Waals surface area contributed by atoms with Gasteiger partial charge >= 0.3 is 0 Å². The van der Waals surface area contributed by atoms with Gasteiger partial charge in [0.1, 0.15) is 10.7 Å². The van der Waals surface area contributed by atoms with Gasteiger partial charge in [-0.15, -0.1) is 0 Å². The van der Waals surface area contributed by atoms with Crippen LogP contribution in [0.4, 0.5) is 20.4 Å². The largest absolute Gasteiger partial charge is 0.357 e. The average Bonchev–Trinajstić information content (AvgIpc) is 2.72. The zero-order chi connectivity index (χ0) is 21.9. The molecule has 0 fully saturated rings. The van der Waals surface area contributed by atoms with Crippen LogP contribution in [0.3, 0.4) is 0 Å². The lowest BCUT2D eigenvalue weighted by Crippen LogP contribution is -2.15. The normalized spacial score (nSPS) is 10.8. The van der Waals surface area contributed by atoms with E-state index in [1.54, 1.807) is 7.05 Å². The Hall–Kier alpha value is -2.93. The number of aromatic nitrogens is 2. The molecule has 2 aromatic carbocycles. The molecule has 1 heterocycles. The summed E-state index contributed by atoms with van der Waals surface area (Å²) in [5.74, 6) is 3.08. The lowest BCUT2D eigenvalue weighted by Gasteiger charge is -2.11. The maximum absolute atomic E-state index is 14.8. The van der Waals surface area contributed by atoms with Crippen LogP contribution < -0.4 is 10.0 Å². The van der Waals surface area contributed by atoms with Gasteiger partial charge in [0.15, 0.2) is 5.82 Å². The minimum absolute atomic E-state index is 0.112. The van der Waals surface area contributed by atoms with Crippen LogP contribution in [0.25, 0.3) is 0 Å². The molecular weight excluding hydrogens is 457 g/mol. The fourth-order valence-corrected chi connectivity index (χ4v) is 4.11. The van der Waals surface area contributed by atoms with Crippen molar-refractivity contribution >= 4 is 44.9 Å². The molecule has 6 nitrogen and oxygen atoms in total. The Morgan fingerprint density at radius 3 is 2.40 bits per heavy atom. The standard InChI is InChI=1S/C19H12Cl2F2N4O2S/c1-24-19-25-9-11(10-26-19)2-4-13-15(22)6-7-16(18(13)23)27-30(28,29)17-8-12(20)3-5-14(17)21/h3,5-10,27H,1H3,(H,24,25,26). The molecule has 2 N–H and O–H groups in total. The van der Waals surface area contributed by atoms with Crippen molar-refractivity contribution in [1.29, 1.82) is 0 Å². The second-order valence-electron chi connectivity index (χ2n) is 5.76. The number of anilines is 2. The number of nitrogens with zero attached hydrogens (tertiary/aromatic N) is 2. The van der Waals surface area contributed by atoms with Crippen molar-refractivity contribution in [3.63, 3.8) is 0 Å². The van der Waals surface area contributed by atoms with Crippen molar-refractivity contribution in [1.82, 2.24) is 9.97 Å². The smallest absolute Gasteiger partial charge is 0.263 e. The van der Waals surface area contributed by atoms with E-state index in [1.807, 2.05) is 4.72 Å². The van der Waals surface area contributed by atoms with E-state index in [0.29, 0.717) is 11.5 Å². The summed E-state index contributed by atoms with van der Waals surface area (Å²) < 4.78 is 56.2. The highest BCUT2D eigenvalue weighted by molar-refractivity contribution is 7.92. The summed E-state index contributed by atoms with van der Waals surface area (Å²) in [6.07, 6.45) is 2.74. The minimum Gasteiger partial charge on any atom is -0.357 e. The van der Waals surface area contributed by atoms with E-state index in [0.717, 1.165) is 18.2 Å². The summed E-state index contributed by atoms with van der Waals surface area (Å²) in [4.78, 5) is 7.53. The van der Waals surface area contributed by atoms with E-state index >= 15 is 0 Å². The zero-order valence-electron chi connectivity index (χ0n) is 15.2. The number of hydrogen-bond donors (Lipinski definition) is 2. The second-order valence-corrected chi connectivity index (χ2v) is 8.25. The minimum atomic E-state index is -4.30. The molecule has 0 unspecified atom stereocenters. The Labute approximate surface area is 181 Å². The molecule has 0 saturated carbocycles. The predicted octanol–water partition coefficient (Wildman–Crippen LogP) is 4.30. The molecule has 30 heavy (non-hydrogen) atoms. The van der Waals surface area contributed by atoms with Crippen molar-refractivity contribution in [3.05, 3.63) is 75.5 Å². The van der Waals surface area contributed by atoms with E-state index in [-0.39, 0.29) is 14.9 Å². The summed E-state index contributed by atoms with van der Waals surface area (Å²) in [6, 6.07) is 5.64. The molecular formula is C19H12Cl2F2N4O2S. The van der Waals surface area contributed by atoms with Crippen LogP contribution in [-0.4, -0.2) is 25.4 Å². The van der Waals surface area contributed by atoms with E-state index in [9.17, 15) is 17.2 Å². The van der Waals surface area contributed by atoms with Crippen LogP contribution in [0.1, 0.15) is 11.1 Å². The quantitative estimate of drug-likeness (QED) is 0.557. The number of benzene rings is 2. The molecule has 0 saturated heterocycles. The molecule has 0 amide bonds. The number of nitrogens with one attached hydrogen (secondary N) is 2. The van der Waals surface area contributed by atoms with Gasteiger partial charge in [0.2, 0.25) is 5.95 Å². The Balaban J connectivity index is 1.97. The van der Waals surface area contributed by atoms with Gasteiger partial charge in [-0.05, 0) is 30.3 Å². The highest BCUT2D eigenvalue weighted by atomic mass is 35.5. The maximum atomic E-state index is 14.8. The van der Waals surface area contributed by atoms with Crippen molar-refractivity contribution in [3.8, 4) is 11.8 Å². The third kappa shape index (κ3) is 4.79. The topological polar surface area (TPSA) is 84.0 Å². The molecule has 0 bridgehead atoms. The monoisotopic (exact) mass is 468 g/mol. The highest BCUT2D eigenvalue weighted by Gasteiger charge is 2.22. The van der Waals surface area contributed by atoms with Crippen LogP contribution in [0.15, 0.2) is 47.6 Å². The molecule has 1 aromatic heterocycles. The van der Waals surface area contributed by atoms with Crippen molar-refractivity contribution in [2.24, 2.45) is 0 Å². The lowest BCUT2D eigenvalue weighted by molar-refractivity contribution is 0.578. The molecule has 0 aliphatic rings. The first-order valence-corrected chi connectivity index (χ1v) is 10.4. The van der Waals surface area contributed by atoms with E-state index in [2.05, 4.69) is 27.1 Å². The van der Waals surface area contributed by atoms with Crippen molar-refractivity contribution in [2.45, 2.75) is 4.90 Å². The summed E-state index contributed by atoms with van der Waals surface area (Å²) >= 11 is 11.7. The van der Waals surface area contributed by atoms with Crippen LogP contribution in [-0.2, 0) is 10.0 Å². The predicted molar refractivity (Wildman–Crippen MR) is 111 cm³/mol. The molecule has 0 atom stereocenters. The summed E-state index contributed by atoms with van der Waals surface area (Å²) in [5.41, 5.74) is -0.812. The van der Waals surface area contributed by atoms with Gasteiger partial charge in [0.05, 0.1) is 21.8 Å². The van der Waals surface area contributed by atoms with E-state index < -0.39 is 32.9 Å². The third-order valence-electron chi connectivity index (χ3n) is 3.73. The van der Waals surface area contributed by atoms with Crippen molar-refractivity contribution < 1.29 is 17.2 Å². The second kappa shape index (κ2) is 8.83. The first kappa shape index (κ1) is 21.8. The van der Waals surface area contributed by atoms with Gasteiger partial charge in [-0.3, -0.25) is 4.72 Å². The van der Waals surface area contributed by atoms with Gasteiger partial charge in [-0.2, -0.15) is 0 Å². The number of sulfonamides is 1.